The molecule has 0 spiro atoms. The Balaban J connectivity index is 2.15. The molecule has 1 unspecified atom stereocenters. The fourth-order valence-corrected chi connectivity index (χ4v) is 1.93. The van der Waals surface area contributed by atoms with Crippen molar-refractivity contribution in [2.75, 3.05) is 18.4 Å². The van der Waals surface area contributed by atoms with E-state index in [-0.39, 0.29) is 11.9 Å². The third-order valence-electron chi connectivity index (χ3n) is 2.77. The number of anilines is 1. The van der Waals surface area contributed by atoms with Crippen LogP contribution in [-0.4, -0.2) is 19.0 Å². The maximum atomic E-state index is 11.7. The van der Waals surface area contributed by atoms with E-state index in [4.69, 9.17) is 5.73 Å². The van der Waals surface area contributed by atoms with E-state index in [0.29, 0.717) is 6.54 Å². The average molecular weight is 219 g/mol. The molecule has 4 nitrogen and oxygen atoms in total. The lowest BCUT2D eigenvalue weighted by atomic mass is 10.1. The molecule has 0 aromatic heterocycles. The smallest absolute Gasteiger partial charge is 0.246 e. The Morgan fingerprint density at radius 1 is 1.50 bits per heavy atom. The van der Waals surface area contributed by atoms with Gasteiger partial charge in [-0.05, 0) is 32.5 Å². The highest BCUT2D eigenvalue weighted by molar-refractivity contribution is 6.02. The molecule has 4 N–H and O–H groups in total. The van der Waals surface area contributed by atoms with Crippen molar-refractivity contribution in [3.63, 3.8) is 0 Å². The predicted molar refractivity (Wildman–Crippen MR) is 64.2 cm³/mol. The highest BCUT2D eigenvalue weighted by Crippen LogP contribution is 2.31. The van der Waals surface area contributed by atoms with Crippen molar-refractivity contribution in [2.45, 2.75) is 19.4 Å². The molecule has 0 radical (unpaired) electrons. The van der Waals surface area contributed by atoms with Crippen LogP contribution in [0.1, 0.15) is 23.6 Å². The van der Waals surface area contributed by atoms with Gasteiger partial charge >= 0.3 is 0 Å². The number of aryl methyl sites for hydroxylation is 1. The Bertz CT molecular complexity index is 403. The second kappa shape index (κ2) is 4.63. The van der Waals surface area contributed by atoms with Crippen molar-refractivity contribution in [1.82, 2.24) is 5.32 Å². The Kier molecular flexibility index (Phi) is 3.22. The Morgan fingerprint density at radius 3 is 3.06 bits per heavy atom. The number of hydrogen-bond donors (Lipinski definition) is 3. The van der Waals surface area contributed by atoms with Gasteiger partial charge in [0, 0.05) is 11.3 Å². The molecule has 0 aliphatic carbocycles. The summed E-state index contributed by atoms with van der Waals surface area (Å²) >= 11 is 0. The fraction of sp³-hybridized carbons (Fsp3) is 0.417. The number of benzene rings is 1. The number of amides is 1. The summed E-state index contributed by atoms with van der Waals surface area (Å²) < 4.78 is 0. The van der Waals surface area contributed by atoms with Gasteiger partial charge in [0.15, 0.2) is 0 Å². The quantitative estimate of drug-likeness (QED) is 0.660. The molecule has 1 heterocycles. The standard InChI is InChI=1S/C12H17N3O/c1-8-3-4-10-9(7-8)11(12(16)15-10)14-6-2-5-13/h3-4,7,11,14H,2,5-6,13H2,1H3,(H,15,16). The molecule has 1 aromatic carbocycles. The second-order valence-electron chi connectivity index (χ2n) is 4.11. The Hall–Kier alpha value is -1.39. The SMILES string of the molecule is Cc1ccc2c(c1)C(NCCCN)C(=O)N2. The molecule has 1 amide bonds. The third-order valence-corrected chi connectivity index (χ3v) is 2.77. The zero-order valence-electron chi connectivity index (χ0n) is 9.42. The first-order chi connectivity index (χ1) is 7.72. The summed E-state index contributed by atoms with van der Waals surface area (Å²) in [5.74, 6) is 0.0256. The second-order valence-corrected chi connectivity index (χ2v) is 4.11. The molecule has 0 fully saturated rings. The molecular formula is C12H17N3O. The van der Waals surface area contributed by atoms with Gasteiger partial charge in [-0.3, -0.25) is 4.79 Å². The van der Waals surface area contributed by atoms with Crippen LogP contribution in [0.4, 0.5) is 5.69 Å². The van der Waals surface area contributed by atoms with Gasteiger partial charge in [0.1, 0.15) is 6.04 Å². The molecule has 1 aliphatic rings. The fourth-order valence-electron chi connectivity index (χ4n) is 1.93. The van der Waals surface area contributed by atoms with Gasteiger partial charge in [-0.1, -0.05) is 17.7 Å². The van der Waals surface area contributed by atoms with E-state index in [1.54, 1.807) is 0 Å². The number of fused-ring (bicyclic) bond motifs is 1. The molecule has 0 saturated heterocycles. The van der Waals surface area contributed by atoms with Crippen molar-refractivity contribution in [3.8, 4) is 0 Å². The predicted octanol–water partition coefficient (Wildman–Crippen LogP) is 0.927. The van der Waals surface area contributed by atoms with E-state index in [1.165, 1.54) is 5.56 Å². The molecule has 4 heteroatoms. The van der Waals surface area contributed by atoms with E-state index < -0.39 is 0 Å². The normalized spacial score (nSPS) is 18.4. The van der Waals surface area contributed by atoms with E-state index in [9.17, 15) is 4.79 Å². The van der Waals surface area contributed by atoms with E-state index in [2.05, 4.69) is 10.6 Å². The molecule has 16 heavy (non-hydrogen) atoms. The molecular weight excluding hydrogens is 202 g/mol. The monoisotopic (exact) mass is 219 g/mol. The number of rotatable bonds is 4. The number of nitrogens with one attached hydrogen (secondary N) is 2. The van der Waals surface area contributed by atoms with Crippen molar-refractivity contribution in [1.29, 1.82) is 0 Å². The summed E-state index contributed by atoms with van der Waals surface area (Å²) in [5.41, 5.74) is 8.55. The zero-order valence-corrected chi connectivity index (χ0v) is 9.42. The third kappa shape index (κ3) is 2.08. The summed E-state index contributed by atoms with van der Waals surface area (Å²) in [6.45, 7) is 3.43. The van der Waals surface area contributed by atoms with Gasteiger partial charge in [0.25, 0.3) is 0 Å². The highest BCUT2D eigenvalue weighted by atomic mass is 16.2. The lowest BCUT2D eigenvalue weighted by molar-refractivity contribution is -0.117. The molecule has 0 bridgehead atoms. The molecule has 0 saturated carbocycles. The van der Waals surface area contributed by atoms with Crippen molar-refractivity contribution in [2.24, 2.45) is 5.73 Å². The van der Waals surface area contributed by atoms with Crippen LogP contribution in [0.2, 0.25) is 0 Å². The van der Waals surface area contributed by atoms with Gasteiger partial charge in [-0.15, -0.1) is 0 Å². The maximum absolute atomic E-state index is 11.7. The zero-order chi connectivity index (χ0) is 11.5. The van der Waals surface area contributed by atoms with Crippen molar-refractivity contribution < 1.29 is 4.79 Å². The largest absolute Gasteiger partial charge is 0.330 e. The van der Waals surface area contributed by atoms with Crippen molar-refractivity contribution in [3.05, 3.63) is 29.3 Å². The van der Waals surface area contributed by atoms with Crippen LogP contribution in [0.3, 0.4) is 0 Å². The minimum Gasteiger partial charge on any atom is -0.330 e. The average Bonchev–Trinajstić information content (AvgIpc) is 2.56. The van der Waals surface area contributed by atoms with E-state index in [1.807, 2.05) is 25.1 Å². The van der Waals surface area contributed by atoms with Gasteiger partial charge < -0.3 is 16.4 Å². The van der Waals surface area contributed by atoms with Crippen LogP contribution in [0, 0.1) is 6.92 Å². The van der Waals surface area contributed by atoms with Crippen molar-refractivity contribution >= 4 is 11.6 Å². The minimum atomic E-state index is -0.221. The Morgan fingerprint density at radius 2 is 2.31 bits per heavy atom. The van der Waals surface area contributed by atoms with Crippen LogP contribution in [-0.2, 0) is 4.79 Å². The van der Waals surface area contributed by atoms with Crippen LogP contribution in [0.25, 0.3) is 0 Å². The number of carbonyl (C=O) groups excluding carboxylic acids is 1. The van der Waals surface area contributed by atoms with Gasteiger partial charge in [-0.25, -0.2) is 0 Å². The number of carbonyl (C=O) groups is 1. The maximum Gasteiger partial charge on any atom is 0.246 e. The Labute approximate surface area is 95.2 Å². The number of nitrogens with two attached hydrogens (primary N) is 1. The summed E-state index contributed by atoms with van der Waals surface area (Å²) in [5, 5.41) is 6.09. The lowest BCUT2D eigenvalue weighted by Crippen LogP contribution is -2.29. The summed E-state index contributed by atoms with van der Waals surface area (Å²) in [7, 11) is 0. The molecule has 1 aliphatic heterocycles. The van der Waals surface area contributed by atoms with Crippen LogP contribution < -0.4 is 16.4 Å². The first kappa shape index (κ1) is 11.1. The lowest BCUT2D eigenvalue weighted by Gasteiger charge is -2.11. The van der Waals surface area contributed by atoms with E-state index in [0.717, 1.165) is 24.2 Å². The topological polar surface area (TPSA) is 67.1 Å². The van der Waals surface area contributed by atoms with E-state index >= 15 is 0 Å². The van der Waals surface area contributed by atoms with Gasteiger partial charge in [0.05, 0.1) is 0 Å². The molecule has 2 rings (SSSR count). The summed E-state index contributed by atoms with van der Waals surface area (Å²) in [6, 6.07) is 5.78. The van der Waals surface area contributed by atoms with Gasteiger partial charge in [-0.2, -0.15) is 0 Å². The molecule has 1 aromatic rings. The number of hydrogen-bond acceptors (Lipinski definition) is 3. The first-order valence-corrected chi connectivity index (χ1v) is 5.57. The van der Waals surface area contributed by atoms with Crippen LogP contribution >= 0.6 is 0 Å². The summed E-state index contributed by atoms with van der Waals surface area (Å²) in [6.07, 6.45) is 0.880. The molecule has 86 valence electrons. The van der Waals surface area contributed by atoms with Gasteiger partial charge in [0.2, 0.25) is 5.91 Å². The van der Waals surface area contributed by atoms with Crippen LogP contribution in [0.5, 0.6) is 0 Å². The van der Waals surface area contributed by atoms with Crippen LogP contribution in [0.15, 0.2) is 18.2 Å². The molecule has 1 atom stereocenters. The first-order valence-electron chi connectivity index (χ1n) is 5.57. The summed E-state index contributed by atoms with van der Waals surface area (Å²) in [4.78, 5) is 11.7. The highest BCUT2D eigenvalue weighted by Gasteiger charge is 2.29. The minimum absolute atomic E-state index is 0.0256.